The summed E-state index contributed by atoms with van der Waals surface area (Å²) in [5.74, 6) is 0. The number of halogens is 1. The lowest BCUT2D eigenvalue weighted by Crippen LogP contribution is -1.86. The summed E-state index contributed by atoms with van der Waals surface area (Å²) in [6.45, 7) is 2.07. The van der Waals surface area contributed by atoms with Crippen LogP contribution in [0.5, 0.6) is 0 Å². The van der Waals surface area contributed by atoms with Gasteiger partial charge in [-0.1, -0.05) is 23.8 Å². The molecule has 0 saturated carbocycles. The first-order chi connectivity index (χ1) is 6.75. The average molecular weight is 249 g/mol. The number of nitrogens with zero attached hydrogens (tertiary/aromatic N) is 2. The molecule has 0 radical (unpaired) electrons. The van der Waals surface area contributed by atoms with E-state index < -0.39 is 0 Å². The molecule has 0 saturated heterocycles. The van der Waals surface area contributed by atoms with Crippen LogP contribution < -0.4 is 0 Å². The first kappa shape index (κ1) is 9.34. The Labute approximate surface area is 91.2 Å². The minimum absolute atomic E-state index is 0.622. The minimum atomic E-state index is 0.622. The smallest absolute Gasteiger partial charge is 0.197 e. The van der Waals surface area contributed by atoms with Gasteiger partial charge in [0.05, 0.1) is 5.69 Å². The molecule has 2 nitrogen and oxygen atoms in total. The molecule has 0 aliphatic carbocycles. The molecule has 1 aromatic carbocycles. The van der Waals surface area contributed by atoms with Gasteiger partial charge in [-0.3, -0.25) is 0 Å². The minimum Gasteiger partial charge on any atom is -0.231 e. The fourth-order valence-electron chi connectivity index (χ4n) is 1.30. The third-order valence-corrected chi connectivity index (χ3v) is 2.32. The quantitative estimate of drug-likeness (QED) is 0.725. The van der Waals surface area contributed by atoms with Gasteiger partial charge in [0.15, 0.2) is 4.73 Å². The summed E-state index contributed by atoms with van der Waals surface area (Å²) in [4.78, 5) is 8.28. The third kappa shape index (κ3) is 1.99. The Hall–Kier alpha value is -1.22. The lowest BCUT2D eigenvalue weighted by atomic mass is 10.1. The monoisotopic (exact) mass is 248 g/mol. The average Bonchev–Trinajstić information content (AvgIpc) is 2.18. The second-order valence-electron chi connectivity index (χ2n) is 3.08. The Bertz CT molecular complexity index is 411. The van der Waals surface area contributed by atoms with Crippen LogP contribution in [0.25, 0.3) is 11.3 Å². The molecule has 1 aromatic heterocycles. The maximum atomic E-state index is 4.29. The SMILES string of the molecule is Cc1cccc(-c2ccnc(Br)n2)c1. The van der Waals surface area contributed by atoms with Crippen molar-refractivity contribution in [2.75, 3.05) is 0 Å². The second-order valence-corrected chi connectivity index (χ2v) is 3.79. The van der Waals surface area contributed by atoms with E-state index in [1.54, 1.807) is 6.20 Å². The van der Waals surface area contributed by atoms with Crippen molar-refractivity contribution < 1.29 is 0 Å². The Morgan fingerprint density at radius 3 is 2.79 bits per heavy atom. The van der Waals surface area contributed by atoms with Crippen molar-refractivity contribution in [3.63, 3.8) is 0 Å². The molecule has 0 spiro atoms. The van der Waals surface area contributed by atoms with Crippen molar-refractivity contribution in [3.8, 4) is 11.3 Å². The van der Waals surface area contributed by atoms with Crippen molar-refractivity contribution in [1.82, 2.24) is 9.97 Å². The highest BCUT2D eigenvalue weighted by molar-refractivity contribution is 9.10. The van der Waals surface area contributed by atoms with Crippen LogP contribution in [0, 0.1) is 6.92 Å². The molecular weight excluding hydrogens is 240 g/mol. The fraction of sp³-hybridized carbons (Fsp3) is 0.0909. The van der Waals surface area contributed by atoms with Gasteiger partial charge in [-0.15, -0.1) is 0 Å². The molecule has 14 heavy (non-hydrogen) atoms. The number of aromatic nitrogens is 2. The molecule has 0 amide bonds. The van der Waals surface area contributed by atoms with Gasteiger partial charge in [0.1, 0.15) is 0 Å². The largest absolute Gasteiger partial charge is 0.231 e. The van der Waals surface area contributed by atoms with Crippen LogP contribution in [-0.2, 0) is 0 Å². The highest BCUT2D eigenvalue weighted by Crippen LogP contribution is 2.18. The van der Waals surface area contributed by atoms with E-state index in [0.29, 0.717) is 4.73 Å². The van der Waals surface area contributed by atoms with Gasteiger partial charge in [-0.2, -0.15) is 0 Å². The van der Waals surface area contributed by atoms with Crippen LogP contribution in [0.1, 0.15) is 5.56 Å². The zero-order chi connectivity index (χ0) is 9.97. The third-order valence-electron chi connectivity index (χ3n) is 1.94. The van der Waals surface area contributed by atoms with E-state index in [0.717, 1.165) is 11.3 Å². The van der Waals surface area contributed by atoms with Crippen LogP contribution in [0.3, 0.4) is 0 Å². The maximum absolute atomic E-state index is 4.29. The summed E-state index contributed by atoms with van der Waals surface area (Å²) < 4.78 is 0.622. The lowest BCUT2D eigenvalue weighted by molar-refractivity contribution is 1.12. The van der Waals surface area contributed by atoms with E-state index in [1.807, 2.05) is 18.2 Å². The summed E-state index contributed by atoms with van der Waals surface area (Å²) in [5.41, 5.74) is 3.29. The topological polar surface area (TPSA) is 25.8 Å². The van der Waals surface area contributed by atoms with Crippen molar-refractivity contribution in [2.45, 2.75) is 6.92 Å². The van der Waals surface area contributed by atoms with Crippen LogP contribution >= 0.6 is 15.9 Å². The molecule has 0 aliphatic rings. The second kappa shape index (κ2) is 3.88. The van der Waals surface area contributed by atoms with E-state index in [9.17, 15) is 0 Å². The number of hydrogen-bond donors (Lipinski definition) is 0. The summed E-state index contributed by atoms with van der Waals surface area (Å²) in [5, 5.41) is 0. The molecule has 70 valence electrons. The molecule has 0 atom stereocenters. The predicted molar refractivity (Wildman–Crippen MR) is 59.9 cm³/mol. The van der Waals surface area contributed by atoms with Crippen LogP contribution in [0.4, 0.5) is 0 Å². The molecule has 0 bridgehead atoms. The highest BCUT2D eigenvalue weighted by atomic mass is 79.9. The number of aryl methyl sites for hydroxylation is 1. The normalized spacial score (nSPS) is 10.1. The number of benzene rings is 1. The molecule has 3 heteroatoms. The number of hydrogen-bond acceptors (Lipinski definition) is 2. The van der Waals surface area contributed by atoms with Gasteiger partial charge >= 0.3 is 0 Å². The first-order valence-corrected chi connectivity index (χ1v) is 5.10. The Kier molecular flexibility index (Phi) is 2.59. The molecule has 2 aromatic rings. The Morgan fingerprint density at radius 1 is 1.21 bits per heavy atom. The van der Waals surface area contributed by atoms with Gasteiger partial charge in [0.2, 0.25) is 0 Å². The van der Waals surface area contributed by atoms with Crippen molar-refractivity contribution in [2.24, 2.45) is 0 Å². The van der Waals surface area contributed by atoms with E-state index in [4.69, 9.17) is 0 Å². The van der Waals surface area contributed by atoms with E-state index >= 15 is 0 Å². The number of rotatable bonds is 1. The fourth-order valence-corrected chi connectivity index (χ4v) is 1.61. The van der Waals surface area contributed by atoms with Gasteiger partial charge in [-0.25, -0.2) is 9.97 Å². The molecular formula is C11H9BrN2. The van der Waals surface area contributed by atoms with Gasteiger partial charge in [-0.05, 0) is 35.0 Å². The van der Waals surface area contributed by atoms with Crippen molar-refractivity contribution in [3.05, 3.63) is 46.8 Å². The van der Waals surface area contributed by atoms with Gasteiger partial charge in [0, 0.05) is 11.8 Å². The summed E-state index contributed by atoms with van der Waals surface area (Å²) in [7, 11) is 0. The molecule has 0 aliphatic heterocycles. The summed E-state index contributed by atoms with van der Waals surface area (Å²) in [6.07, 6.45) is 1.74. The highest BCUT2D eigenvalue weighted by Gasteiger charge is 1.99. The van der Waals surface area contributed by atoms with Crippen LogP contribution in [0.15, 0.2) is 41.3 Å². The summed E-state index contributed by atoms with van der Waals surface area (Å²) in [6, 6.07) is 10.1. The van der Waals surface area contributed by atoms with E-state index in [-0.39, 0.29) is 0 Å². The van der Waals surface area contributed by atoms with E-state index in [2.05, 4.69) is 45.0 Å². The van der Waals surface area contributed by atoms with Gasteiger partial charge < -0.3 is 0 Å². The maximum Gasteiger partial charge on any atom is 0.197 e. The van der Waals surface area contributed by atoms with Crippen LogP contribution in [-0.4, -0.2) is 9.97 Å². The Morgan fingerprint density at radius 2 is 2.07 bits per heavy atom. The zero-order valence-electron chi connectivity index (χ0n) is 7.74. The first-order valence-electron chi connectivity index (χ1n) is 4.31. The van der Waals surface area contributed by atoms with E-state index in [1.165, 1.54) is 5.56 Å². The summed E-state index contributed by atoms with van der Waals surface area (Å²) >= 11 is 3.26. The molecule has 0 unspecified atom stereocenters. The standard InChI is InChI=1S/C11H9BrN2/c1-8-3-2-4-9(7-8)10-5-6-13-11(12)14-10/h2-7H,1H3. The Balaban J connectivity index is 2.49. The van der Waals surface area contributed by atoms with Crippen molar-refractivity contribution in [1.29, 1.82) is 0 Å². The lowest BCUT2D eigenvalue weighted by Gasteiger charge is -2.01. The molecule has 0 fully saturated rings. The molecule has 2 rings (SSSR count). The zero-order valence-corrected chi connectivity index (χ0v) is 9.32. The van der Waals surface area contributed by atoms with Gasteiger partial charge in [0.25, 0.3) is 0 Å². The molecule has 1 heterocycles. The predicted octanol–water partition coefficient (Wildman–Crippen LogP) is 3.21. The van der Waals surface area contributed by atoms with Crippen LogP contribution in [0.2, 0.25) is 0 Å². The van der Waals surface area contributed by atoms with Crippen molar-refractivity contribution >= 4 is 15.9 Å². The molecule has 0 N–H and O–H groups in total.